The van der Waals surface area contributed by atoms with Crippen LogP contribution in [0.2, 0.25) is 0 Å². The van der Waals surface area contributed by atoms with Crippen LogP contribution < -0.4 is 4.74 Å². The number of rotatable bonds is 5. The second-order valence-corrected chi connectivity index (χ2v) is 3.28. The van der Waals surface area contributed by atoms with Crippen molar-refractivity contribution in [1.29, 1.82) is 0 Å². The molecule has 1 N–H and O–H groups in total. The van der Waals surface area contributed by atoms with Gasteiger partial charge in [0, 0.05) is 7.11 Å². The van der Waals surface area contributed by atoms with Gasteiger partial charge >= 0.3 is 5.97 Å². The first-order chi connectivity index (χ1) is 7.56. The van der Waals surface area contributed by atoms with Gasteiger partial charge in [-0.15, -0.1) is 0 Å². The molecular weight excluding hydrogens is 215 g/mol. The largest absolute Gasteiger partial charge is 0.490 e. The van der Waals surface area contributed by atoms with Crippen molar-refractivity contribution in [1.82, 2.24) is 0 Å². The number of carboxylic acids is 1. The Morgan fingerprint density at radius 1 is 1.56 bits per heavy atom. The highest BCUT2D eigenvalue weighted by Gasteiger charge is 2.17. The number of halogens is 1. The number of aromatic carboxylic acids is 1. The Hall–Kier alpha value is -1.62. The Labute approximate surface area is 92.6 Å². The van der Waals surface area contributed by atoms with Gasteiger partial charge in [-0.2, -0.15) is 0 Å². The molecule has 0 bridgehead atoms. The van der Waals surface area contributed by atoms with Crippen molar-refractivity contribution in [3.8, 4) is 5.75 Å². The Kier molecular flexibility index (Phi) is 4.25. The third-order valence-corrected chi connectivity index (χ3v) is 2.07. The fourth-order valence-corrected chi connectivity index (χ4v) is 1.11. The van der Waals surface area contributed by atoms with Crippen LogP contribution in [0.4, 0.5) is 4.39 Å². The summed E-state index contributed by atoms with van der Waals surface area (Å²) in [6.45, 7) is 1.93. The summed E-state index contributed by atoms with van der Waals surface area (Å²) in [7, 11) is 1.51. The highest BCUT2D eigenvalue weighted by Crippen LogP contribution is 2.21. The van der Waals surface area contributed by atoms with E-state index in [4.69, 9.17) is 14.6 Å². The van der Waals surface area contributed by atoms with Gasteiger partial charge in [-0.3, -0.25) is 0 Å². The molecule has 0 aliphatic carbocycles. The molecule has 4 nitrogen and oxygen atoms in total. The van der Waals surface area contributed by atoms with Crippen LogP contribution in [-0.4, -0.2) is 30.9 Å². The highest BCUT2D eigenvalue weighted by atomic mass is 19.1. The summed E-state index contributed by atoms with van der Waals surface area (Å²) >= 11 is 0. The van der Waals surface area contributed by atoms with Crippen molar-refractivity contribution in [2.75, 3.05) is 13.7 Å². The van der Waals surface area contributed by atoms with E-state index in [0.717, 1.165) is 6.07 Å². The molecule has 1 rings (SSSR count). The smallest absolute Gasteiger partial charge is 0.342 e. The predicted octanol–water partition coefficient (Wildman–Crippen LogP) is 1.94. The minimum absolute atomic E-state index is 0.0106. The normalized spacial score (nSPS) is 12.2. The molecule has 16 heavy (non-hydrogen) atoms. The van der Waals surface area contributed by atoms with Crippen LogP contribution in [0, 0.1) is 5.82 Å². The monoisotopic (exact) mass is 228 g/mol. The molecule has 0 aromatic heterocycles. The minimum Gasteiger partial charge on any atom is -0.490 e. The Morgan fingerprint density at radius 3 is 2.81 bits per heavy atom. The van der Waals surface area contributed by atoms with E-state index in [-0.39, 0.29) is 18.5 Å². The molecule has 1 aromatic carbocycles. The van der Waals surface area contributed by atoms with E-state index < -0.39 is 17.3 Å². The number of carboxylic acid groups (broad SMARTS) is 1. The summed E-state index contributed by atoms with van der Waals surface area (Å²) in [4.78, 5) is 10.8. The van der Waals surface area contributed by atoms with Crippen LogP contribution in [0.5, 0.6) is 5.75 Å². The number of methoxy groups -OCH3 is 1. The maximum atomic E-state index is 13.2. The van der Waals surface area contributed by atoms with E-state index in [2.05, 4.69) is 0 Å². The van der Waals surface area contributed by atoms with Gasteiger partial charge in [-0.1, -0.05) is 6.07 Å². The third kappa shape index (κ3) is 2.93. The standard InChI is InChI=1S/C11H13FO4/c1-7(15-2)6-16-9-5-3-4-8(12)10(9)11(13)14/h3-5,7H,6H2,1-2H3,(H,13,14). The maximum absolute atomic E-state index is 13.2. The van der Waals surface area contributed by atoms with Gasteiger partial charge in [0.1, 0.15) is 23.7 Å². The Morgan fingerprint density at radius 2 is 2.25 bits per heavy atom. The first-order valence-corrected chi connectivity index (χ1v) is 4.73. The molecule has 5 heteroatoms. The van der Waals surface area contributed by atoms with E-state index in [1.165, 1.54) is 19.2 Å². The van der Waals surface area contributed by atoms with Crippen LogP contribution in [0.3, 0.4) is 0 Å². The van der Waals surface area contributed by atoms with Crippen molar-refractivity contribution in [3.05, 3.63) is 29.6 Å². The van der Waals surface area contributed by atoms with Crippen LogP contribution in [-0.2, 0) is 4.74 Å². The Bertz CT molecular complexity index is 378. The van der Waals surface area contributed by atoms with Gasteiger partial charge in [0.05, 0.1) is 6.10 Å². The Balaban J connectivity index is 2.87. The summed E-state index contributed by atoms with van der Waals surface area (Å²) in [5, 5.41) is 8.82. The zero-order valence-corrected chi connectivity index (χ0v) is 9.07. The molecule has 0 heterocycles. The first-order valence-electron chi connectivity index (χ1n) is 4.73. The molecule has 1 unspecified atom stereocenters. The summed E-state index contributed by atoms with van der Waals surface area (Å²) < 4.78 is 23.3. The molecule has 0 amide bonds. The third-order valence-electron chi connectivity index (χ3n) is 2.07. The van der Waals surface area contributed by atoms with Crippen LogP contribution in [0.15, 0.2) is 18.2 Å². The summed E-state index contributed by atoms with van der Waals surface area (Å²) in [6, 6.07) is 3.89. The molecule has 1 atom stereocenters. The van der Waals surface area contributed by atoms with Crippen molar-refractivity contribution >= 4 is 5.97 Å². The molecule has 0 radical (unpaired) electrons. The number of hydrogen-bond acceptors (Lipinski definition) is 3. The molecular formula is C11H13FO4. The van der Waals surface area contributed by atoms with E-state index in [1.807, 2.05) is 0 Å². The zero-order chi connectivity index (χ0) is 12.1. The lowest BCUT2D eigenvalue weighted by molar-refractivity contribution is 0.0640. The molecule has 0 saturated carbocycles. The van der Waals surface area contributed by atoms with Crippen molar-refractivity contribution in [2.45, 2.75) is 13.0 Å². The van der Waals surface area contributed by atoms with Crippen LogP contribution >= 0.6 is 0 Å². The fraction of sp³-hybridized carbons (Fsp3) is 0.364. The summed E-state index contributed by atoms with van der Waals surface area (Å²) in [5.41, 5.74) is -0.453. The minimum atomic E-state index is -1.35. The second-order valence-electron chi connectivity index (χ2n) is 3.28. The van der Waals surface area contributed by atoms with Gasteiger partial charge in [0.2, 0.25) is 0 Å². The van der Waals surface area contributed by atoms with Crippen LogP contribution in [0.25, 0.3) is 0 Å². The fourth-order valence-electron chi connectivity index (χ4n) is 1.11. The molecule has 0 saturated heterocycles. The predicted molar refractivity (Wildman–Crippen MR) is 55.3 cm³/mol. The second kappa shape index (κ2) is 5.46. The van der Waals surface area contributed by atoms with E-state index in [0.29, 0.717) is 0 Å². The average molecular weight is 228 g/mol. The molecule has 0 spiro atoms. The number of carbonyl (C=O) groups is 1. The SMILES string of the molecule is COC(C)COc1cccc(F)c1C(=O)O. The number of benzene rings is 1. The van der Waals surface area contributed by atoms with Gasteiger partial charge < -0.3 is 14.6 Å². The quantitative estimate of drug-likeness (QED) is 0.836. The zero-order valence-electron chi connectivity index (χ0n) is 9.07. The van der Waals surface area contributed by atoms with E-state index >= 15 is 0 Å². The number of hydrogen-bond donors (Lipinski definition) is 1. The van der Waals surface area contributed by atoms with Gasteiger partial charge in [-0.05, 0) is 19.1 Å². The van der Waals surface area contributed by atoms with Crippen molar-refractivity contribution in [3.63, 3.8) is 0 Å². The lowest BCUT2D eigenvalue weighted by atomic mass is 10.2. The van der Waals surface area contributed by atoms with E-state index in [1.54, 1.807) is 6.92 Å². The lowest BCUT2D eigenvalue weighted by Gasteiger charge is -2.13. The molecule has 0 aliphatic heterocycles. The van der Waals surface area contributed by atoms with E-state index in [9.17, 15) is 9.18 Å². The van der Waals surface area contributed by atoms with Crippen molar-refractivity contribution < 1.29 is 23.8 Å². The lowest BCUT2D eigenvalue weighted by Crippen LogP contribution is -2.17. The topological polar surface area (TPSA) is 55.8 Å². The highest BCUT2D eigenvalue weighted by molar-refractivity contribution is 5.91. The maximum Gasteiger partial charge on any atom is 0.342 e. The van der Waals surface area contributed by atoms with Gasteiger partial charge in [0.15, 0.2) is 0 Å². The van der Waals surface area contributed by atoms with Crippen molar-refractivity contribution in [2.24, 2.45) is 0 Å². The summed E-state index contributed by atoms with van der Waals surface area (Å²) in [5.74, 6) is -2.15. The molecule has 0 aliphatic rings. The van der Waals surface area contributed by atoms with Gasteiger partial charge in [-0.25, -0.2) is 9.18 Å². The summed E-state index contributed by atoms with van der Waals surface area (Å²) in [6.07, 6.45) is -0.190. The molecule has 88 valence electrons. The van der Waals surface area contributed by atoms with Gasteiger partial charge in [0.25, 0.3) is 0 Å². The molecule has 1 aromatic rings. The molecule has 0 fully saturated rings. The number of ether oxygens (including phenoxy) is 2. The average Bonchev–Trinajstić information content (AvgIpc) is 2.25. The van der Waals surface area contributed by atoms with Crippen LogP contribution in [0.1, 0.15) is 17.3 Å². The first kappa shape index (κ1) is 12.4.